The quantitative estimate of drug-likeness (QED) is 0.112. The van der Waals surface area contributed by atoms with Crippen molar-refractivity contribution in [1.82, 2.24) is 16.0 Å². The van der Waals surface area contributed by atoms with Crippen LogP contribution in [0.5, 0.6) is 0 Å². The highest BCUT2D eigenvalue weighted by Crippen LogP contribution is 2.25. The van der Waals surface area contributed by atoms with Crippen LogP contribution in [-0.4, -0.2) is 106 Å². The van der Waals surface area contributed by atoms with Gasteiger partial charge in [-0.1, -0.05) is 34.1 Å². The molecule has 1 unspecified atom stereocenters. The summed E-state index contributed by atoms with van der Waals surface area (Å²) in [5.74, 6) is -2.06. The van der Waals surface area contributed by atoms with E-state index in [1.165, 1.54) is 0 Å². The Morgan fingerprint density at radius 3 is 1.88 bits per heavy atom. The summed E-state index contributed by atoms with van der Waals surface area (Å²) in [5.41, 5.74) is -0.422. The highest BCUT2D eigenvalue weighted by atomic mass is 16.5. The second-order valence-electron chi connectivity index (χ2n) is 10.9. The molecule has 0 heterocycles. The largest absolute Gasteiger partial charge is 0.480 e. The number of rotatable bonds is 26. The summed E-state index contributed by atoms with van der Waals surface area (Å²) in [4.78, 5) is 47.6. The Labute approximate surface area is 239 Å². The number of aliphatic carboxylic acids is 1. The number of ether oxygens (including phenoxy) is 4. The van der Waals surface area contributed by atoms with Gasteiger partial charge in [0.2, 0.25) is 11.8 Å². The summed E-state index contributed by atoms with van der Waals surface area (Å²) in [6, 6.07) is -1.16. The highest BCUT2D eigenvalue weighted by molar-refractivity contribution is 5.87. The molecule has 0 saturated carbocycles. The molecule has 0 fully saturated rings. The van der Waals surface area contributed by atoms with Gasteiger partial charge in [0, 0.05) is 30.5 Å². The number of amides is 2. The number of nitrogens with one attached hydrogen (secondary N) is 3. The zero-order valence-electron chi connectivity index (χ0n) is 25.4. The van der Waals surface area contributed by atoms with Crippen LogP contribution in [0, 0.1) is 5.41 Å². The zero-order chi connectivity index (χ0) is 30.4. The summed E-state index contributed by atoms with van der Waals surface area (Å²) in [7, 11) is 0. The molecule has 12 nitrogen and oxygen atoms in total. The topological polar surface area (TPSA) is 162 Å². The Bertz CT molecular complexity index is 745. The maximum atomic E-state index is 12.4. The Morgan fingerprint density at radius 1 is 0.775 bits per heavy atom. The van der Waals surface area contributed by atoms with E-state index in [-0.39, 0.29) is 63.1 Å². The second kappa shape index (κ2) is 21.6. The summed E-state index contributed by atoms with van der Waals surface area (Å²) >= 11 is 0. The summed E-state index contributed by atoms with van der Waals surface area (Å²) in [5, 5.41) is 17.8. The maximum Gasteiger partial charge on any atom is 0.326 e. The molecule has 0 bridgehead atoms. The third kappa shape index (κ3) is 19.9. The molecule has 1 atom stereocenters. The number of carbonyl (C=O) groups is 4. The first-order chi connectivity index (χ1) is 18.8. The molecule has 0 saturated heterocycles. The number of ketones is 1. The number of hydrogen-bond donors (Lipinski definition) is 4. The molecule has 0 aliphatic heterocycles. The smallest absolute Gasteiger partial charge is 0.326 e. The molecule has 12 heteroatoms. The summed E-state index contributed by atoms with van der Waals surface area (Å²) in [6.07, 6.45) is 2.71. The minimum absolute atomic E-state index is 0.0210. The molecule has 0 aliphatic rings. The molecule has 0 aromatic carbocycles. The average molecular weight is 576 g/mol. The molecular weight excluding hydrogens is 522 g/mol. The highest BCUT2D eigenvalue weighted by Gasteiger charge is 2.28. The van der Waals surface area contributed by atoms with Crippen LogP contribution in [0.15, 0.2) is 0 Å². The van der Waals surface area contributed by atoms with Crippen molar-refractivity contribution in [3.63, 3.8) is 0 Å². The Hall–Kier alpha value is -2.12. The first kappa shape index (κ1) is 37.9. The Kier molecular flexibility index (Phi) is 20.5. The van der Waals surface area contributed by atoms with E-state index in [0.29, 0.717) is 26.4 Å². The molecule has 4 N–H and O–H groups in total. The fourth-order valence-corrected chi connectivity index (χ4v) is 3.54. The van der Waals surface area contributed by atoms with E-state index in [1.807, 2.05) is 20.8 Å². The summed E-state index contributed by atoms with van der Waals surface area (Å²) in [6.45, 7) is 14.6. The first-order valence-corrected chi connectivity index (χ1v) is 14.2. The second-order valence-corrected chi connectivity index (χ2v) is 10.9. The van der Waals surface area contributed by atoms with Crippen molar-refractivity contribution in [1.29, 1.82) is 0 Å². The van der Waals surface area contributed by atoms with Gasteiger partial charge in [0.15, 0.2) is 0 Å². The molecule has 0 aliphatic carbocycles. The van der Waals surface area contributed by atoms with E-state index in [0.717, 1.165) is 25.8 Å². The first-order valence-electron chi connectivity index (χ1n) is 14.2. The Morgan fingerprint density at radius 2 is 1.32 bits per heavy atom. The van der Waals surface area contributed by atoms with Gasteiger partial charge in [0.1, 0.15) is 25.0 Å². The average Bonchev–Trinajstić information content (AvgIpc) is 2.89. The van der Waals surface area contributed by atoms with E-state index >= 15 is 0 Å². The molecule has 0 radical (unpaired) electrons. The standard InChI is InChI=1S/C28H53N3O9/c1-7-11-27(3,4)23(32)10-9-22(26(35)36)31-25(34)21-40-19-16-37-14-12-29-24(33)20-39-18-17-38-15-13-30-28(5,6)8-2/h22,30H,7-21H2,1-6H3,(H,29,33)(H,31,34)(H,35,36). The minimum Gasteiger partial charge on any atom is -0.480 e. The van der Waals surface area contributed by atoms with E-state index in [4.69, 9.17) is 18.9 Å². The van der Waals surface area contributed by atoms with Gasteiger partial charge < -0.3 is 40.0 Å². The van der Waals surface area contributed by atoms with Gasteiger partial charge in [-0.25, -0.2) is 4.79 Å². The van der Waals surface area contributed by atoms with Gasteiger partial charge in [-0.15, -0.1) is 0 Å². The number of carbonyl (C=O) groups excluding carboxylic acids is 3. The number of carboxylic acids is 1. The van der Waals surface area contributed by atoms with Crippen molar-refractivity contribution in [2.75, 3.05) is 65.9 Å². The number of carboxylic acid groups (broad SMARTS) is 1. The minimum atomic E-state index is -1.20. The van der Waals surface area contributed by atoms with Crippen molar-refractivity contribution >= 4 is 23.6 Å². The van der Waals surface area contributed by atoms with Gasteiger partial charge in [0.25, 0.3) is 0 Å². The van der Waals surface area contributed by atoms with Crippen molar-refractivity contribution in [2.24, 2.45) is 5.41 Å². The lowest BCUT2D eigenvalue weighted by Crippen LogP contribution is -2.43. The van der Waals surface area contributed by atoms with Gasteiger partial charge >= 0.3 is 5.97 Å². The van der Waals surface area contributed by atoms with E-state index in [2.05, 4.69) is 36.7 Å². The van der Waals surface area contributed by atoms with Crippen LogP contribution in [0.25, 0.3) is 0 Å². The molecule has 234 valence electrons. The zero-order valence-corrected chi connectivity index (χ0v) is 25.4. The normalized spacial score (nSPS) is 12.7. The van der Waals surface area contributed by atoms with Crippen molar-refractivity contribution in [2.45, 2.75) is 85.2 Å². The predicted molar refractivity (Wildman–Crippen MR) is 151 cm³/mol. The van der Waals surface area contributed by atoms with Crippen LogP contribution in [0.1, 0.15) is 73.6 Å². The summed E-state index contributed by atoms with van der Waals surface area (Å²) < 4.78 is 21.3. The van der Waals surface area contributed by atoms with E-state index < -0.39 is 23.3 Å². The van der Waals surface area contributed by atoms with Gasteiger partial charge in [-0.3, -0.25) is 14.4 Å². The number of hydrogen-bond acceptors (Lipinski definition) is 9. The van der Waals surface area contributed by atoms with Crippen LogP contribution in [0.3, 0.4) is 0 Å². The molecule has 0 spiro atoms. The monoisotopic (exact) mass is 575 g/mol. The van der Waals surface area contributed by atoms with Crippen LogP contribution in [0.2, 0.25) is 0 Å². The number of Topliss-reactive ketones (excluding diaryl/α,β-unsaturated/α-hetero) is 1. The maximum absolute atomic E-state index is 12.4. The van der Waals surface area contributed by atoms with Gasteiger partial charge in [0.05, 0.1) is 39.6 Å². The van der Waals surface area contributed by atoms with Crippen LogP contribution < -0.4 is 16.0 Å². The van der Waals surface area contributed by atoms with Crippen molar-refractivity contribution in [3.05, 3.63) is 0 Å². The third-order valence-electron chi connectivity index (χ3n) is 6.44. The molecule has 2 amide bonds. The molecule has 0 aromatic heterocycles. The fourth-order valence-electron chi connectivity index (χ4n) is 3.54. The van der Waals surface area contributed by atoms with Gasteiger partial charge in [-0.05, 0) is 33.1 Å². The van der Waals surface area contributed by atoms with E-state index in [9.17, 15) is 24.3 Å². The lowest BCUT2D eigenvalue weighted by molar-refractivity contribution is -0.143. The van der Waals surface area contributed by atoms with Crippen molar-refractivity contribution in [3.8, 4) is 0 Å². The van der Waals surface area contributed by atoms with Crippen molar-refractivity contribution < 1.29 is 43.2 Å². The lowest BCUT2D eigenvalue weighted by Gasteiger charge is -2.24. The van der Waals surface area contributed by atoms with Gasteiger partial charge in [-0.2, -0.15) is 0 Å². The van der Waals surface area contributed by atoms with Crippen LogP contribution >= 0.6 is 0 Å². The molecule has 0 aromatic rings. The predicted octanol–water partition coefficient (Wildman–Crippen LogP) is 1.69. The van der Waals surface area contributed by atoms with E-state index in [1.54, 1.807) is 0 Å². The fraction of sp³-hybridized carbons (Fsp3) is 0.857. The Balaban J connectivity index is 3.79. The molecule has 40 heavy (non-hydrogen) atoms. The van der Waals surface area contributed by atoms with Crippen LogP contribution in [0.4, 0.5) is 0 Å². The SMILES string of the molecule is CCCC(C)(C)C(=O)CCC(NC(=O)COCCOCCNC(=O)COCCOCCNC(C)(C)CC)C(=O)O. The molecular formula is C28H53N3O9. The third-order valence-corrected chi connectivity index (χ3v) is 6.44. The van der Waals surface area contributed by atoms with Crippen LogP contribution in [-0.2, 0) is 38.1 Å². The molecule has 0 rings (SSSR count). The lowest BCUT2D eigenvalue weighted by atomic mass is 9.81.